The van der Waals surface area contributed by atoms with Crippen LogP contribution in [0, 0.1) is 6.92 Å². The highest BCUT2D eigenvalue weighted by Crippen LogP contribution is 2.07. The lowest BCUT2D eigenvalue weighted by Crippen LogP contribution is -1.96. The van der Waals surface area contributed by atoms with Gasteiger partial charge in [0.05, 0.1) is 12.3 Å². The smallest absolute Gasteiger partial charge is 0.321 e. The number of isothiocyanates is 1. The summed E-state index contributed by atoms with van der Waals surface area (Å²) in [6.07, 6.45) is 0. The zero-order chi connectivity index (χ0) is 8.97. The van der Waals surface area contributed by atoms with Gasteiger partial charge < -0.3 is 4.74 Å². The first-order valence-electron chi connectivity index (χ1n) is 3.11. The minimum absolute atomic E-state index is 0.217. The minimum atomic E-state index is 0.217. The van der Waals surface area contributed by atoms with Crippen LogP contribution >= 0.6 is 12.2 Å². The Bertz CT molecular complexity index is 334. The van der Waals surface area contributed by atoms with Gasteiger partial charge in [0.15, 0.2) is 0 Å². The monoisotopic (exact) mass is 182 g/mol. The molecule has 0 spiro atoms. The van der Waals surface area contributed by atoms with Crippen LogP contribution in [0.4, 0.5) is 5.95 Å². The summed E-state index contributed by atoms with van der Waals surface area (Å²) >= 11 is 4.40. The fourth-order valence-electron chi connectivity index (χ4n) is 0.626. The van der Waals surface area contributed by atoms with E-state index in [1.165, 1.54) is 7.11 Å². The van der Waals surface area contributed by atoms with Gasteiger partial charge in [-0.05, 0) is 19.1 Å². The quantitative estimate of drug-likeness (QED) is 0.503. The van der Waals surface area contributed by atoms with Crippen molar-refractivity contribution in [3.8, 4) is 6.01 Å². The number of methoxy groups -OCH3 is 1. The van der Waals surface area contributed by atoms with E-state index in [1.54, 1.807) is 6.92 Å². The lowest BCUT2D eigenvalue weighted by molar-refractivity contribution is 0.377. The molecule has 0 bridgehead atoms. The molecule has 0 atom stereocenters. The van der Waals surface area contributed by atoms with E-state index in [2.05, 4.69) is 37.3 Å². The average Bonchev–Trinajstić information content (AvgIpc) is 2.04. The summed E-state index contributed by atoms with van der Waals surface area (Å²) in [4.78, 5) is 15.1. The van der Waals surface area contributed by atoms with E-state index in [0.29, 0.717) is 5.82 Å². The maximum absolute atomic E-state index is 4.80. The molecule has 1 aromatic heterocycles. The normalized spacial score (nSPS) is 8.83. The molecule has 12 heavy (non-hydrogen) atoms. The molecule has 1 heterocycles. The second-order valence-corrected chi connectivity index (χ2v) is 2.05. The second kappa shape index (κ2) is 3.85. The van der Waals surface area contributed by atoms with Crippen molar-refractivity contribution in [2.75, 3.05) is 7.11 Å². The summed E-state index contributed by atoms with van der Waals surface area (Å²) in [5.41, 5.74) is 0. The van der Waals surface area contributed by atoms with Crippen molar-refractivity contribution < 1.29 is 4.74 Å². The molecule has 5 nitrogen and oxygen atoms in total. The van der Waals surface area contributed by atoms with Crippen LogP contribution in [0.15, 0.2) is 4.99 Å². The first-order chi connectivity index (χ1) is 5.76. The predicted octanol–water partition coefficient (Wildman–Crippen LogP) is 0.923. The number of hydrogen-bond acceptors (Lipinski definition) is 6. The molecular formula is C6H6N4OS. The molecule has 62 valence electrons. The Labute approximate surface area is 74.6 Å². The Morgan fingerprint density at radius 3 is 2.75 bits per heavy atom. The highest BCUT2D eigenvalue weighted by atomic mass is 32.1. The van der Waals surface area contributed by atoms with Crippen LogP contribution in [0.1, 0.15) is 5.82 Å². The third-order valence-electron chi connectivity index (χ3n) is 1.04. The molecule has 0 fully saturated rings. The third kappa shape index (κ3) is 2.05. The number of aryl methyl sites for hydroxylation is 1. The molecule has 0 radical (unpaired) electrons. The van der Waals surface area contributed by atoms with Crippen molar-refractivity contribution >= 4 is 23.3 Å². The number of hydrogen-bond donors (Lipinski definition) is 0. The number of nitrogens with zero attached hydrogens (tertiary/aromatic N) is 4. The second-order valence-electron chi connectivity index (χ2n) is 1.87. The molecule has 0 aromatic carbocycles. The van der Waals surface area contributed by atoms with Crippen molar-refractivity contribution in [3.05, 3.63) is 5.82 Å². The van der Waals surface area contributed by atoms with Gasteiger partial charge in [0.2, 0.25) is 0 Å². The van der Waals surface area contributed by atoms with Crippen LogP contribution in [0.25, 0.3) is 0 Å². The minimum Gasteiger partial charge on any atom is -0.467 e. The molecule has 1 rings (SSSR count). The summed E-state index contributed by atoms with van der Waals surface area (Å²) < 4.78 is 4.80. The fraction of sp³-hybridized carbons (Fsp3) is 0.333. The Kier molecular flexibility index (Phi) is 2.79. The van der Waals surface area contributed by atoms with E-state index in [1.807, 2.05) is 0 Å². The molecule has 6 heteroatoms. The fourth-order valence-corrected chi connectivity index (χ4v) is 0.707. The molecule has 0 saturated carbocycles. The van der Waals surface area contributed by atoms with Crippen molar-refractivity contribution in [3.63, 3.8) is 0 Å². The maximum Gasteiger partial charge on any atom is 0.321 e. The Hall–Kier alpha value is -1.39. The van der Waals surface area contributed by atoms with Crippen molar-refractivity contribution in [2.24, 2.45) is 4.99 Å². The molecule has 0 aliphatic carbocycles. The summed E-state index contributed by atoms with van der Waals surface area (Å²) in [6.45, 7) is 1.71. The van der Waals surface area contributed by atoms with Gasteiger partial charge in [0.1, 0.15) is 5.82 Å². The Balaban J connectivity index is 3.14. The van der Waals surface area contributed by atoms with Gasteiger partial charge in [0, 0.05) is 0 Å². The van der Waals surface area contributed by atoms with Crippen molar-refractivity contribution in [2.45, 2.75) is 6.92 Å². The molecule has 0 aliphatic rings. The number of aliphatic imine (C=N–C) groups is 1. The highest BCUT2D eigenvalue weighted by Gasteiger charge is 2.00. The van der Waals surface area contributed by atoms with Gasteiger partial charge in [0.25, 0.3) is 5.95 Å². The van der Waals surface area contributed by atoms with Gasteiger partial charge >= 0.3 is 6.01 Å². The first-order valence-corrected chi connectivity index (χ1v) is 3.51. The van der Waals surface area contributed by atoms with Gasteiger partial charge in [-0.2, -0.15) is 19.9 Å². The molecule has 0 saturated heterocycles. The Morgan fingerprint density at radius 2 is 2.17 bits per heavy atom. The highest BCUT2D eigenvalue weighted by molar-refractivity contribution is 7.78. The van der Waals surface area contributed by atoms with E-state index >= 15 is 0 Å². The summed E-state index contributed by atoms with van der Waals surface area (Å²) in [5, 5.41) is 2.16. The standard InChI is InChI=1S/C6H6N4OS/c1-4-8-5(7-3-12)10-6(9-4)11-2/h1-2H3. The largest absolute Gasteiger partial charge is 0.467 e. The molecular weight excluding hydrogens is 176 g/mol. The summed E-state index contributed by atoms with van der Waals surface area (Å²) in [6, 6.07) is 0.228. The SMILES string of the molecule is COc1nc(C)nc(N=C=S)n1. The van der Waals surface area contributed by atoms with Crippen molar-refractivity contribution in [1.82, 2.24) is 15.0 Å². The van der Waals surface area contributed by atoms with E-state index in [4.69, 9.17) is 4.74 Å². The summed E-state index contributed by atoms with van der Waals surface area (Å²) in [7, 11) is 1.47. The lowest BCUT2D eigenvalue weighted by Gasteiger charge is -1.97. The van der Waals surface area contributed by atoms with E-state index in [-0.39, 0.29) is 12.0 Å². The van der Waals surface area contributed by atoms with E-state index in [0.717, 1.165) is 0 Å². The zero-order valence-corrected chi connectivity index (χ0v) is 7.42. The molecule has 0 N–H and O–H groups in total. The van der Waals surface area contributed by atoms with E-state index < -0.39 is 0 Å². The van der Waals surface area contributed by atoms with Crippen LogP contribution in [-0.4, -0.2) is 27.2 Å². The third-order valence-corrected chi connectivity index (χ3v) is 1.13. The number of thiocarbonyl (C=S) groups is 1. The van der Waals surface area contributed by atoms with Gasteiger partial charge in [-0.25, -0.2) is 0 Å². The van der Waals surface area contributed by atoms with Crippen LogP contribution in [-0.2, 0) is 0 Å². The number of rotatable bonds is 2. The molecule has 0 amide bonds. The van der Waals surface area contributed by atoms with Crippen LogP contribution < -0.4 is 4.74 Å². The lowest BCUT2D eigenvalue weighted by atomic mass is 10.7. The van der Waals surface area contributed by atoms with Gasteiger partial charge in [-0.3, -0.25) is 0 Å². The topological polar surface area (TPSA) is 60.3 Å². The Morgan fingerprint density at radius 1 is 1.42 bits per heavy atom. The molecule has 0 unspecified atom stereocenters. The molecule has 0 aliphatic heterocycles. The number of aromatic nitrogens is 3. The first kappa shape index (κ1) is 8.70. The van der Waals surface area contributed by atoms with Gasteiger partial charge in [-0.1, -0.05) is 0 Å². The van der Waals surface area contributed by atoms with Crippen LogP contribution in [0.3, 0.4) is 0 Å². The summed E-state index contributed by atoms with van der Waals surface area (Å²) in [5.74, 6) is 0.750. The molecule has 1 aromatic rings. The maximum atomic E-state index is 4.80. The predicted molar refractivity (Wildman–Crippen MR) is 45.8 cm³/mol. The average molecular weight is 182 g/mol. The van der Waals surface area contributed by atoms with Gasteiger partial charge in [-0.15, -0.1) is 0 Å². The number of ether oxygens (including phenoxy) is 1. The van der Waals surface area contributed by atoms with E-state index in [9.17, 15) is 0 Å². The van der Waals surface area contributed by atoms with Crippen molar-refractivity contribution in [1.29, 1.82) is 0 Å². The van der Waals surface area contributed by atoms with Crippen LogP contribution in [0.2, 0.25) is 0 Å². The zero-order valence-electron chi connectivity index (χ0n) is 6.61. The van der Waals surface area contributed by atoms with Crippen LogP contribution in [0.5, 0.6) is 6.01 Å².